The summed E-state index contributed by atoms with van der Waals surface area (Å²) in [5.41, 5.74) is -0.522. The number of hydrogen-bond donors (Lipinski definition) is 7. The highest BCUT2D eigenvalue weighted by molar-refractivity contribution is 6.08. The van der Waals surface area contributed by atoms with Gasteiger partial charge in [-0.3, -0.25) is 14.4 Å². The van der Waals surface area contributed by atoms with E-state index in [1.165, 1.54) is 17.0 Å². The Morgan fingerprint density at radius 1 is 1.09 bits per heavy atom. The number of carbonyl (C=O) groups excluding carboxylic acids is 3. The molecule has 2 aromatic rings. The average Bonchev–Trinajstić information content (AvgIpc) is 3.60. The normalized spacial score (nSPS) is 30.5. The van der Waals surface area contributed by atoms with Gasteiger partial charge in [-0.05, 0) is 36.6 Å². The summed E-state index contributed by atoms with van der Waals surface area (Å²) in [5.74, 6) is -2.51. The third-order valence-electron chi connectivity index (χ3n) is 8.85. The van der Waals surface area contributed by atoms with Gasteiger partial charge in [0.2, 0.25) is 5.91 Å². The minimum Gasteiger partial charge on any atom is -0.394 e. The summed E-state index contributed by atoms with van der Waals surface area (Å²) in [6, 6.07) is 13.5. The van der Waals surface area contributed by atoms with E-state index in [-0.39, 0.29) is 42.8 Å². The molecule has 2 saturated heterocycles. The molecule has 7 N–H and O–H groups in total. The van der Waals surface area contributed by atoms with Crippen molar-refractivity contribution in [2.45, 2.75) is 75.1 Å². The Morgan fingerprint density at radius 2 is 1.82 bits per heavy atom. The second-order valence-corrected chi connectivity index (χ2v) is 11.8. The first-order valence-corrected chi connectivity index (χ1v) is 15.0. The first kappa shape index (κ1) is 32.7. The fraction of sp³-hybridized carbons (Fsp3) is 0.469. The number of amides is 3. The van der Waals surface area contributed by atoms with Crippen LogP contribution in [0.15, 0.2) is 60.7 Å². The van der Waals surface area contributed by atoms with E-state index >= 15 is 0 Å². The lowest BCUT2D eigenvalue weighted by Crippen LogP contribution is -2.60. The number of hydrogen-bond acceptors (Lipinski definition) is 10. The topological polar surface area (TPSA) is 200 Å². The number of benzene rings is 2. The molecule has 0 aromatic heterocycles. The molecule has 3 heterocycles. The summed E-state index contributed by atoms with van der Waals surface area (Å²) in [4.78, 5) is 42.8. The predicted molar refractivity (Wildman–Crippen MR) is 160 cm³/mol. The van der Waals surface area contributed by atoms with Crippen LogP contribution in [0.4, 0.5) is 11.4 Å². The number of fused-ring (bicyclic) bond motifs is 1. The second-order valence-electron chi connectivity index (χ2n) is 11.8. The second kappa shape index (κ2) is 13.3. The molecule has 8 atom stereocenters. The number of aliphatic hydroxyl groups is 6. The number of carbonyl (C=O) groups is 3. The maximum Gasteiger partial charge on any atom is 0.264 e. The van der Waals surface area contributed by atoms with E-state index in [4.69, 9.17) is 4.74 Å². The van der Waals surface area contributed by atoms with Gasteiger partial charge in [-0.15, -0.1) is 0 Å². The molecule has 5 rings (SSSR count). The first-order valence-electron chi connectivity index (χ1n) is 15.0. The van der Waals surface area contributed by atoms with Gasteiger partial charge < -0.3 is 50.5 Å². The van der Waals surface area contributed by atoms with Crippen LogP contribution >= 0.6 is 0 Å². The maximum atomic E-state index is 14.0. The molecule has 0 spiro atoms. The Kier molecular flexibility index (Phi) is 9.70. The molecule has 2 fully saturated rings. The van der Waals surface area contributed by atoms with Crippen molar-refractivity contribution in [3.05, 3.63) is 71.8 Å². The smallest absolute Gasteiger partial charge is 0.264 e. The van der Waals surface area contributed by atoms with Crippen LogP contribution in [0.3, 0.4) is 0 Å². The minimum atomic E-state index is -2.08. The largest absolute Gasteiger partial charge is 0.394 e. The molecule has 0 unspecified atom stereocenters. The van der Waals surface area contributed by atoms with E-state index in [9.17, 15) is 45.0 Å². The lowest BCUT2D eigenvalue weighted by Gasteiger charge is -2.37. The molecule has 2 aromatic carbocycles. The van der Waals surface area contributed by atoms with Crippen molar-refractivity contribution in [1.82, 2.24) is 4.90 Å². The summed E-state index contributed by atoms with van der Waals surface area (Å²) < 4.78 is 5.02. The number of ether oxygens (including phenoxy) is 1. The third kappa shape index (κ3) is 6.25. The van der Waals surface area contributed by atoms with Crippen LogP contribution in [0.1, 0.15) is 37.3 Å². The predicted octanol–water partition coefficient (Wildman–Crippen LogP) is -0.275. The van der Waals surface area contributed by atoms with Crippen molar-refractivity contribution in [1.29, 1.82) is 0 Å². The van der Waals surface area contributed by atoms with Gasteiger partial charge in [-0.25, -0.2) is 0 Å². The highest BCUT2D eigenvalue weighted by Crippen LogP contribution is 2.47. The molecular formula is C32H39N3O10. The number of anilines is 2. The molecule has 3 aliphatic rings. The van der Waals surface area contributed by atoms with E-state index in [0.29, 0.717) is 12.2 Å². The van der Waals surface area contributed by atoms with Gasteiger partial charge >= 0.3 is 0 Å². The molecule has 3 aliphatic heterocycles. The standard InChI is InChI=1S/C32H39N3O10/c1-18(7-5-11-24(37)34-14-6-10-21(34)17-36)32(44)22-15-20(33-29(41)28-26(39)25(38)27(40)30(42)45-28)12-13-23(22)35(31(32)43)16-19-8-3-2-4-9-19/h2-5,7-9,12-13,15,18,21,25-28,30,36,38-40,42,44H,6,10-11,14,16-17H2,1H3,(H,33,41)/b7-5+/t18-,21-,25-,26-,27+,28-,30+,32+/m0/s1. The molecule has 45 heavy (non-hydrogen) atoms. The van der Waals surface area contributed by atoms with Crippen LogP contribution in [-0.2, 0) is 31.3 Å². The Bertz CT molecular complexity index is 1440. The maximum absolute atomic E-state index is 14.0. The molecule has 13 nitrogen and oxygen atoms in total. The highest BCUT2D eigenvalue weighted by atomic mass is 16.6. The minimum absolute atomic E-state index is 0.0257. The number of aliphatic hydroxyl groups excluding tert-OH is 5. The van der Waals surface area contributed by atoms with Gasteiger partial charge in [0.1, 0.15) is 18.3 Å². The number of likely N-dealkylation sites (tertiary alicyclic amines) is 1. The third-order valence-corrected chi connectivity index (χ3v) is 8.85. The Morgan fingerprint density at radius 3 is 2.53 bits per heavy atom. The zero-order valence-corrected chi connectivity index (χ0v) is 24.8. The Labute approximate surface area is 260 Å². The van der Waals surface area contributed by atoms with Gasteiger partial charge in [0.15, 0.2) is 18.0 Å². The van der Waals surface area contributed by atoms with Crippen LogP contribution in [0.5, 0.6) is 0 Å². The van der Waals surface area contributed by atoms with Crippen LogP contribution in [0.2, 0.25) is 0 Å². The van der Waals surface area contributed by atoms with Crippen molar-refractivity contribution in [2.24, 2.45) is 5.92 Å². The van der Waals surface area contributed by atoms with E-state index in [2.05, 4.69) is 5.32 Å². The molecule has 242 valence electrons. The summed E-state index contributed by atoms with van der Waals surface area (Å²) in [5, 5.41) is 64.0. The van der Waals surface area contributed by atoms with Crippen LogP contribution in [0.25, 0.3) is 0 Å². The summed E-state index contributed by atoms with van der Waals surface area (Å²) in [7, 11) is 0. The molecule has 0 bridgehead atoms. The fourth-order valence-corrected chi connectivity index (χ4v) is 6.22. The molecule has 0 aliphatic carbocycles. The van der Waals surface area contributed by atoms with Crippen LogP contribution in [-0.4, -0.2) is 103 Å². The summed E-state index contributed by atoms with van der Waals surface area (Å²) >= 11 is 0. The zero-order chi connectivity index (χ0) is 32.5. The van der Waals surface area contributed by atoms with E-state index in [1.807, 2.05) is 30.3 Å². The Hall–Kier alpha value is -3.69. The number of nitrogens with one attached hydrogen (secondary N) is 1. The van der Waals surface area contributed by atoms with Gasteiger partial charge in [-0.1, -0.05) is 49.4 Å². The molecular weight excluding hydrogens is 586 g/mol. The molecule has 3 amide bonds. The van der Waals surface area contributed by atoms with Crippen molar-refractivity contribution >= 4 is 29.1 Å². The van der Waals surface area contributed by atoms with E-state index in [1.54, 1.807) is 30.0 Å². The van der Waals surface area contributed by atoms with Crippen LogP contribution < -0.4 is 10.2 Å². The molecule has 13 heteroatoms. The number of nitrogens with zero attached hydrogens (tertiary/aromatic N) is 2. The lowest BCUT2D eigenvalue weighted by atomic mass is 9.82. The van der Waals surface area contributed by atoms with Crippen molar-refractivity contribution in [3.63, 3.8) is 0 Å². The van der Waals surface area contributed by atoms with Crippen LogP contribution in [0, 0.1) is 5.92 Å². The van der Waals surface area contributed by atoms with E-state index < -0.39 is 54.0 Å². The highest BCUT2D eigenvalue weighted by Gasteiger charge is 2.53. The lowest BCUT2D eigenvalue weighted by molar-refractivity contribution is -0.274. The molecule has 0 radical (unpaired) electrons. The molecule has 0 saturated carbocycles. The van der Waals surface area contributed by atoms with Gasteiger partial charge in [0.25, 0.3) is 11.8 Å². The van der Waals surface area contributed by atoms with Gasteiger partial charge in [-0.2, -0.15) is 0 Å². The summed E-state index contributed by atoms with van der Waals surface area (Å²) in [6.45, 7) is 2.26. The van der Waals surface area contributed by atoms with Crippen molar-refractivity contribution in [2.75, 3.05) is 23.4 Å². The zero-order valence-electron chi connectivity index (χ0n) is 24.8. The Balaban J connectivity index is 1.41. The summed E-state index contributed by atoms with van der Waals surface area (Å²) in [6.07, 6.45) is -4.34. The van der Waals surface area contributed by atoms with Gasteiger partial charge in [0.05, 0.1) is 24.9 Å². The first-order chi connectivity index (χ1) is 21.5. The van der Waals surface area contributed by atoms with E-state index in [0.717, 1.165) is 18.4 Å². The van der Waals surface area contributed by atoms with Crippen molar-refractivity contribution < 1.29 is 49.8 Å². The average molecular weight is 626 g/mol. The monoisotopic (exact) mass is 625 g/mol. The quantitative estimate of drug-likeness (QED) is 0.182. The van der Waals surface area contributed by atoms with Gasteiger partial charge in [0, 0.05) is 30.1 Å². The SMILES string of the molecule is C[C@@H](/C=C/CC(=O)N1CCC[C@H]1CO)[C@]1(O)C(=O)N(Cc2ccccc2)c2ccc(NC(=O)[C@H]3O[C@@H](O)[C@H](O)[C@@H](O)[C@@H]3O)cc21. The number of rotatable bonds is 9. The fourth-order valence-electron chi connectivity index (χ4n) is 6.22. The van der Waals surface area contributed by atoms with Crippen molar-refractivity contribution in [3.8, 4) is 0 Å².